The Hall–Kier alpha value is -2.16. The van der Waals surface area contributed by atoms with E-state index in [9.17, 15) is 9.59 Å². The first kappa shape index (κ1) is 12.9. The molecule has 3 aliphatic rings. The van der Waals surface area contributed by atoms with Crippen molar-refractivity contribution >= 4 is 11.4 Å². The third-order valence-electron chi connectivity index (χ3n) is 3.90. The molecule has 0 aromatic carbocycles. The summed E-state index contributed by atoms with van der Waals surface area (Å²) in [6, 6.07) is 3.78. The van der Waals surface area contributed by atoms with Crippen molar-refractivity contribution in [1.29, 1.82) is 0 Å². The highest BCUT2D eigenvalue weighted by Gasteiger charge is 2.25. The molecular weight excluding hydrogens is 252 g/mol. The number of hydrogen-bond acceptors (Lipinski definition) is 3. The summed E-state index contributed by atoms with van der Waals surface area (Å²) in [5.41, 5.74) is 4.72. The number of furan rings is 1. The number of fused-ring (bicyclic) bond motifs is 2. The summed E-state index contributed by atoms with van der Waals surface area (Å²) in [5, 5.41) is 0. The number of carbonyl (C=O) groups is 1. The van der Waals surface area contributed by atoms with E-state index in [1.807, 2.05) is 19.1 Å². The van der Waals surface area contributed by atoms with Crippen molar-refractivity contribution in [1.82, 2.24) is 0 Å². The highest BCUT2D eigenvalue weighted by Crippen LogP contribution is 2.35. The number of carbonyl (C=O) groups excluding carboxylic acids is 1. The van der Waals surface area contributed by atoms with Crippen LogP contribution in [-0.4, -0.2) is 5.78 Å². The van der Waals surface area contributed by atoms with E-state index in [1.54, 1.807) is 13.0 Å². The molecule has 0 bridgehead atoms. The van der Waals surface area contributed by atoms with Gasteiger partial charge in [0.1, 0.15) is 5.76 Å². The number of ketones is 1. The zero-order valence-electron chi connectivity index (χ0n) is 11.9. The van der Waals surface area contributed by atoms with E-state index in [-0.39, 0.29) is 11.4 Å². The van der Waals surface area contributed by atoms with Crippen molar-refractivity contribution < 1.29 is 9.21 Å². The maximum atomic E-state index is 12.2. The van der Waals surface area contributed by atoms with Crippen molar-refractivity contribution in [3.8, 4) is 11.3 Å². The van der Waals surface area contributed by atoms with Crippen LogP contribution >= 0.6 is 0 Å². The summed E-state index contributed by atoms with van der Waals surface area (Å²) in [6.45, 7) is 5.76. The normalized spacial score (nSPS) is 13.8. The van der Waals surface area contributed by atoms with Crippen molar-refractivity contribution in [2.24, 2.45) is 0 Å². The molecule has 3 heteroatoms. The third-order valence-corrected chi connectivity index (χ3v) is 3.90. The van der Waals surface area contributed by atoms with Crippen molar-refractivity contribution in [3.05, 3.63) is 50.9 Å². The smallest absolute Gasteiger partial charge is 0.339 e. The van der Waals surface area contributed by atoms with Crippen LogP contribution in [0.1, 0.15) is 47.3 Å². The van der Waals surface area contributed by atoms with Crippen LogP contribution < -0.4 is 5.63 Å². The van der Waals surface area contributed by atoms with Crippen molar-refractivity contribution in [3.63, 3.8) is 0 Å². The second kappa shape index (κ2) is 4.44. The first-order valence-corrected chi connectivity index (χ1v) is 6.86. The van der Waals surface area contributed by atoms with Gasteiger partial charge in [-0.15, -0.1) is 0 Å². The summed E-state index contributed by atoms with van der Waals surface area (Å²) in [4.78, 5) is 23.9. The number of allylic oxidation sites excluding steroid dienone is 2. The molecule has 0 unspecified atom stereocenters. The lowest BCUT2D eigenvalue weighted by atomic mass is 10.0. The molecule has 3 nitrogen and oxygen atoms in total. The number of hydrogen-bond donors (Lipinski definition) is 0. The van der Waals surface area contributed by atoms with Gasteiger partial charge in [-0.3, -0.25) is 4.79 Å². The Bertz CT molecular complexity index is 778. The van der Waals surface area contributed by atoms with Gasteiger partial charge in [-0.05, 0) is 55.2 Å². The summed E-state index contributed by atoms with van der Waals surface area (Å²) >= 11 is 0. The van der Waals surface area contributed by atoms with Crippen LogP contribution in [0.2, 0.25) is 0 Å². The first-order valence-electron chi connectivity index (χ1n) is 6.86. The zero-order valence-corrected chi connectivity index (χ0v) is 11.9. The Labute approximate surface area is 117 Å². The largest absolute Gasteiger partial charge is 0.422 e. The molecule has 0 aromatic heterocycles. The Morgan fingerprint density at radius 3 is 2.55 bits per heavy atom. The fourth-order valence-corrected chi connectivity index (χ4v) is 2.85. The molecule has 0 N–H and O–H groups in total. The van der Waals surface area contributed by atoms with Gasteiger partial charge in [-0.25, -0.2) is 4.79 Å². The molecule has 0 fully saturated rings. The lowest BCUT2D eigenvalue weighted by Crippen LogP contribution is -1.97. The fourth-order valence-electron chi connectivity index (χ4n) is 2.85. The van der Waals surface area contributed by atoms with Crippen LogP contribution in [0.25, 0.3) is 16.9 Å². The number of aryl methyl sites for hydroxylation is 1. The maximum absolute atomic E-state index is 12.2. The summed E-state index contributed by atoms with van der Waals surface area (Å²) in [6.07, 6.45) is 3.41. The van der Waals surface area contributed by atoms with Crippen molar-refractivity contribution in [2.75, 3.05) is 0 Å². The van der Waals surface area contributed by atoms with E-state index >= 15 is 0 Å². The molecule has 0 aromatic rings. The molecular formula is C17H16O3. The van der Waals surface area contributed by atoms with Crippen LogP contribution in [0.4, 0.5) is 0 Å². The number of rotatable bonds is 2. The average Bonchev–Trinajstić information content (AvgIpc) is 2.74. The molecule has 0 saturated carbocycles. The van der Waals surface area contributed by atoms with Crippen LogP contribution in [0.5, 0.6) is 0 Å². The van der Waals surface area contributed by atoms with Gasteiger partial charge in [0.2, 0.25) is 0 Å². The molecule has 0 atom stereocenters. The van der Waals surface area contributed by atoms with E-state index < -0.39 is 0 Å². The van der Waals surface area contributed by atoms with E-state index in [1.165, 1.54) is 0 Å². The minimum atomic E-state index is -0.298. The average molecular weight is 268 g/mol. The lowest BCUT2D eigenvalue weighted by molar-refractivity contribution is 0.104. The predicted octanol–water partition coefficient (Wildman–Crippen LogP) is 3.61. The molecule has 2 aliphatic carbocycles. The van der Waals surface area contributed by atoms with E-state index in [2.05, 4.69) is 6.92 Å². The third kappa shape index (κ3) is 1.73. The topological polar surface area (TPSA) is 47.3 Å². The molecule has 102 valence electrons. The molecule has 3 rings (SSSR count). The Morgan fingerprint density at radius 1 is 1.10 bits per heavy atom. The molecule has 1 aliphatic heterocycles. The van der Waals surface area contributed by atoms with Gasteiger partial charge in [0.15, 0.2) is 5.78 Å². The van der Waals surface area contributed by atoms with Crippen LogP contribution in [0.3, 0.4) is 0 Å². The van der Waals surface area contributed by atoms with E-state index in [4.69, 9.17) is 4.42 Å². The van der Waals surface area contributed by atoms with Gasteiger partial charge < -0.3 is 4.42 Å². The van der Waals surface area contributed by atoms with Gasteiger partial charge >= 0.3 is 5.63 Å². The van der Waals surface area contributed by atoms with Gasteiger partial charge in [0.25, 0.3) is 0 Å². The Kier molecular flexibility index (Phi) is 2.85. The van der Waals surface area contributed by atoms with Gasteiger partial charge in [-0.2, -0.15) is 0 Å². The van der Waals surface area contributed by atoms with Crippen LogP contribution in [0.15, 0.2) is 27.4 Å². The fraction of sp³-hybridized carbons (Fsp3) is 0.294. The second-order valence-electron chi connectivity index (χ2n) is 5.34. The standard InChI is InChI=1S/C17H16O3/c1-4-5-11-7-15-13(10(3)17(19)20-15)8-12-9(2)6-14(18)16(11)12/h6-8H,4-5H2,1-3H3. The Balaban J connectivity index is 2.42. The van der Waals surface area contributed by atoms with Crippen molar-refractivity contribution in [2.45, 2.75) is 33.6 Å². The molecule has 20 heavy (non-hydrogen) atoms. The molecule has 0 spiro atoms. The van der Waals surface area contributed by atoms with Crippen LogP contribution in [0, 0.1) is 6.92 Å². The van der Waals surface area contributed by atoms with Gasteiger partial charge in [-0.1, -0.05) is 13.3 Å². The minimum Gasteiger partial charge on any atom is -0.422 e. The Morgan fingerprint density at radius 2 is 1.85 bits per heavy atom. The van der Waals surface area contributed by atoms with Crippen LogP contribution in [-0.2, 0) is 6.42 Å². The molecule has 0 saturated heterocycles. The maximum Gasteiger partial charge on any atom is 0.339 e. The summed E-state index contributed by atoms with van der Waals surface area (Å²) < 4.78 is 5.31. The van der Waals surface area contributed by atoms with Gasteiger partial charge in [0.05, 0.1) is 0 Å². The molecule has 0 radical (unpaired) electrons. The highest BCUT2D eigenvalue weighted by atomic mass is 16.4. The summed E-state index contributed by atoms with van der Waals surface area (Å²) in [5.74, 6) is 0.629. The predicted molar refractivity (Wildman–Crippen MR) is 78.3 cm³/mol. The van der Waals surface area contributed by atoms with E-state index in [0.717, 1.165) is 40.7 Å². The quantitative estimate of drug-likeness (QED) is 0.836. The zero-order chi connectivity index (χ0) is 14.4. The molecule has 1 heterocycles. The molecule has 0 amide bonds. The first-order chi connectivity index (χ1) is 9.52. The minimum absolute atomic E-state index is 0.0543. The van der Waals surface area contributed by atoms with Gasteiger partial charge in [0, 0.05) is 16.7 Å². The lowest BCUT2D eigenvalue weighted by Gasteiger charge is -2.02. The monoisotopic (exact) mass is 268 g/mol. The van der Waals surface area contributed by atoms with E-state index in [0.29, 0.717) is 11.3 Å². The highest BCUT2D eigenvalue weighted by molar-refractivity contribution is 6.17. The summed E-state index contributed by atoms with van der Waals surface area (Å²) in [7, 11) is 0. The second-order valence-corrected chi connectivity index (χ2v) is 5.34. The SMILES string of the molecule is CCCc1cc2oc(=O)c(C)c-2cc2c1C(=O)C=C2C.